The number of hydrogen-bond acceptors (Lipinski definition) is 4. The highest BCUT2D eigenvalue weighted by Gasteiger charge is 2.26. The SMILES string of the molecule is Cn1cc([N+](=O)[O-])cc1C(=O)NCC(C)(C)C(N)=O. The van der Waals surface area contributed by atoms with Gasteiger partial charge in [-0.15, -0.1) is 0 Å². The molecule has 0 aliphatic rings. The number of primary amides is 1. The van der Waals surface area contributed by atoms with E-state index in [1.54, 1.807) is 13.8 Å². The molecule has 8 nitrogen and oxygen atoms in total. The number of aryl methyl sites for hydroxylation is 1. The van der Waals surface area contributed by atoms with E-state index in [9.17, 15) is 19.7 Å². The van der Waals surface area contributed by atoms with Crippen LogP contribution in [0.1, 0.15) is 24.3 Å². The molecule has 1 heterocycles. The maximum Gasteiger partial charge on any atom is 0.287 e. The van der Waals surface area contributed by atoms with E-state index in [0.717, 1.165) is 0 Å². The fourth-order valence-corrected chi connectivity index (χ4v) is 1.35. The predicted molar refractivity (Wildman–Crippen MR) is 67.4 cm³/mol. The first-order valence-electron chi connectivity index (χ1n) is 5.54. The fourth-order valence-electron chi connectivity index (χ4n) is 1.35. The summed E-state index contributed by atoms with van der Waals surface area (Å²) in [5, 5.41) is 13.1. The van der Waals surface area contributed by atoms with Gasteiger partial charge in [0.25, 0.3) is 11.6 Å². The lowest BCUT2D eigenvalue weighted by molar-refractivity contribution is -0.384. The van der Waals surface area contributed by atoms with Gasteiger partial charge in [-0.05, 0) is 13.8 Å². The zero-order valence-electron chi connectivity index (χ0n) is 11.0. The first-order valence-corrected chi connectivity index (χ1v) is 5.54. The van der Waals surface area contributed by atoms with Crippen molar-refractivity contribution in [1.29, 1.82) is 0 Å². The Hall–Kier alpha value is -2.38. The van der Waals surface area contributed by atoms with Crippen LogP contribution in [0, 0.1) is 15.5 Å². The summed E-state index contributed by atoms with van der Waals surface area (Å²) in [7, 11) is 1.53. The van der Waals surface area contributed by atoms with E-state index in [-0.39, 0.29) is 17.9 Å². The van der Waals surface area contributed by atoms with Crippen LogP contribution >= 0.6 is 0 Å². The van der Waals surface area contributed by atoms with Crippen molar-refractivity contribution in [3.8, 4) is 0 Å². The molecule has 0 unspecified atom stereocenters. The minimum absolute atomic E-state index is 0.0557. The average molecular weight is 268 g/mol. The van der Waals surface area contributed by atoms with Crippen molar-refractivity contribution in [3.63, 3.8) is 0 Å². The number of rotatable bonds is 5. The number of nitrogens with zero attached hydrogens (tertiary/aromatic N) is 2. The molecule has 0 aliphatic carbocycles. The van der Waals surface area contributed by atoms with Crippen molar-refractivity contribution in [2.24, 2.45) is 18.2 Å². The van der Waals surface area contributed by atoms with Crippen LogP contribution in [0.15, 0.2) is 12.3 Å². The van der Waals surface area contributed by atoms with Gasteiger partial charge in [-0.25, -0.2) is 0 Å². The van der Waals surface area contributed by atoms with Gasteiger partial charge in [0.15, 0.2) is 0 Å². The van der Waals surface area contributed by atoms with Crippen LogP contribution in [-0.4, -0.2) is 27.8 Å². The number of nitrogens with two attached hydrogens (primary N) is 1. The lowest BCUT2D eigenvalue weighted by Gasteiger charge is -2.20. The molecule has 3 N–H and O–H groups in total. The van der Waals surface area contributed by atoms with E-state index in [1.807, 2.05) is 0 Å². The molecule has 1 rings (SSSR count). The standard InChI is InChI=1S/C11H16N4O4/c1-11(2,10(12)17)6-13-9(16)8-4-7(15(18)19)5-14(8)3/h4-5H,6H2,1-3H3,(H2,12,17)(H,13,16). The lowest BCUT2D eigenvalue weighted by atomic mass is 9.93. The molecule has 0 saturated carbocycles. The van der Waals surface area contributed by atoms with Crippen LogP contribution < -0.4 is 11.1 Å². The van der Waals surface area contributed by atoms with Crippen molar-refractivity contribution in [3.05, 3.63) is 28.1 Å². The van der Waals surface area contributed by atoms with Crippen LogP contribution in [0.5, 0.6) is 0 Å². The van der Waals surface area contributed by atoms with Crippen molar-refractivity contribution in [1.82, 2.24) is 9.88 Å². The van der Waals surface area contributed by atoms with Crippen molar-refractivity contribution in [2.75, 3.05) is 6.54 Å². The molecule has 1 aromatic rings. The van der Waals surface area contributed by atoms with Gasteiger partial charge >= 0.3 is 0 Å². The van der Waals surface area contributed by atoms with E-state index in [2.05, 4.69) is 5.32 Å². The minimum atomic E-state index is -0.882. The lowest BCUT2D eigenvalue weighted by Crippen LogP contribution is -2.42. The van der Waals surface area contributed by atoms with Crippen LogP contribution in [0.2, 0.25) is 0 Å². The molecule has 0 fully saturated rings. The molecule has 0 aliphatic heterocycles. The summed E-state index contributed by atoms with van der Waals surface area (Å²) < 4.78 is 1.35. The van der Waals surface area contributed by atoms with Crippen LogP contribution in [0.25, 0.3) is 0 Å². The molecule has 0 spiro atoms. The van der Waals surface area contributed by atoms with Gasteiger partial charge in [0.05, 0.1) is 16.5 Å². The summed E-state index contributed by atoms with van der Waals surface area (Å²) in [5.41, 5.74) is 4.28. The second-order valence-corrected chi connectivity index (χ2v) is 4.88. The summed E-state index contributed by atoms with van der Waals surface area (Å²) in [4.78, 5) is 33.0. The van der Waals surface area contributed by atoms with Gasteiger partial charge in [0.1, 0.15) is 5.69 Å². The third-order valence-corrected chi connectivity index (χ3v) is 2.79. The van der Waals surface area contributed by atoms with Crippen LogP contribution in [0.3, 0.4) is 0 Å². The summed E-state index contributed by atoms with van der Waals surface area (Å²) >= 11 is 0. The molecule has 2 amide bonds. The zero-order valence-corrected chi connectivity index (χ0v) is 11.0. The maximum absolute atomic E-state index is 11.9. The third-order valence-electron chi connectivity index (χ3n) is 2.79. The van der Waals surface area contributed by atoms with Crippen LogP contribution in [-0.2, 0) is 11.8 Å². The first-order chi connectivity index (χ1) is 8.65. The molecular formula is C11H16N4O4. The second kappa shape index (κ2) is 5.09. The van der Waals surface area contributed by atoms with Crippen molar-refractivity contribution >= 4 is 17.5 Å². The summed E-state index contributed by atoms with van der Waals surface area (Å²) in [6, 6.07) is 1.17. The molecule has 104 valence electrons. The number of nitro groups is 1. The van der Waals surface area contributed by atoms with E-state index < -0.39 is 22.2 Å². The highest BCUT2D eigenvalue weighted by Crippen LogP contribution is 2.16. The fraction of sp³-hybridized carbons (Fsp3) is 0.455. The third kappa shape index (κ3) is 3.30. The van der Waals surface area contributed by atoms with E-state index in [0.29, 0.717) is 0 Å². The Morgan fingerprint density at radius 1 is 1.53 bits per heavy atom. The maximum atomic E-state index is 11.9. The first kappa shape index (κ1) is 14.7. The molecule has 19 heavy (non-hydrogen) atoms. The number of carbonyl (C=O) groups excluding carboxylic acids is 2. The minimum Gasteiger partial charge on any atom is -0.369 e. The van der Waals surface area contributed by atoms with E-state index in [4.69, 9.17) is 5.73 Å². The van der Waals surface area contributed by atoms with Crippen molar-refractivity contribution < 1.29 is 14.5 Å². The number of nitrogens with one attached hydrogen (secondary N) is 1. The van der Waals surface area contributed by atoms with Gasteiger partial charge < -0.3 is 15.6 Å². The molecule has 0 radical (unpaired) electrons. The Bertz CT molecular complexity index is 533. The normalized spacial score (nSPS) is 11.1. The number of hydrogen-bond donors (Lipinski definition) is 2. The molecule has 0 atom stereocenters. The Kier molecular flexibility index (Phi) is 3.93. The Labute approximate surface area is 109 Å². The van der Waals surface area contributed by atoms with Crippen molar-refractivity contribution in [2.45, 2.75) is 13.8 Å². The van der Waals surface area contributed by atoms with Gasteiger partial charge in [0.2, 0.25) is 5.91 Å². The Balaban J connectivity index is 2.80. The zero-order chi connectivity index (χ0) is 14.8. The van der Waals surface area contributed by atoms with Gasteiger partial charge in [-0.1, -0.05) is 0 Å². The highest BCUT2D eigenvalue weighted by atomic mass is 16.6. The second-order valence-electron chi connectivity index (χ2n) is 4.88. The largest absolute Gasteiger partial charge is 0.369 e. The van der Waals surface area contributed by atoms with Gasteiger partial charge in [-0.2, -0.15) is 0 Å². The number of carbonyl (C=O) groups is 2. The summed E-state index contributed by atoms with van der Waals surface area (Å²) in [6.45, 7) is 3.26. The van der Waals surface area contributed by atoms with Gasteiger partial charge in [0, 0.05) is 19.7 Å². The molecular weight excluding hydrogens is 252 g/mol. The highest BCUT2D eigenvalue weighted by molar-refractivity contribution is 5.94. The number of amides is 2. The topological polar surface area (TPSA) is 120 Å². The van der Waals surface area contributed by atoms with E-state index in [1.165, 1.54) is 23.9 Å². The monoisotopic (exact) mass is 268 g/mol. The van der Waals surface area contributed by atoms with E-state index >= 15 is 0 Å². The summed E-state index contributed by atoms with van der Waals surface area (Å²) in [6.07, 6.45) is 1.24. The number of aromatic nitrogens is 1. The molecule has 0 bridgehead atoms. The molecule has 0 aromatic carbocycles. The molecule has 0 saturated heterocycles. The quantitative estimate of drug-likeness (QED) is 0.584. The Morgan fingerprint density at radius 3 is 2.53 bits per heavy atom. The van der Waals surface area contributed by atoms with Crippen LogP contribution in [0.4, 0.5) is 5.69 Å². The van der Waals surface area contributed by atoms with Gasteiger partial charge in [-0.3, -0.25) is 19.7 Å². The molecule has 8 heteroatoms. The smallest absolute Gasteiger partial charge is 0.287 e. The predicted octanol–water partition coefficient (Wildman–Crippen LogP) is 0.175. The molecule has 1 aromatic heterocycles. The summed E-state index contributed by atoms with van der Waals surface area (Å²) in [5.74, 6) is -1.03. The Morgan fingerprint density at radius 2 is 2.11 bits per heavy atom. The average Bonchev–Trinajstić information content (AvgIpc) is 2.68.